The second kappa shape index (κ2) is 6.16. The number of para-hydroxylation sites is 1. The zero-order valence-corrected chi connectivity index (χ0v) is 11.3. The Morgan fingerprint density at radius 2 is 2.00 bits per heavy atom. The third-order valence-corrected chi connectivity index (χ3v) is 3.42. The van der Waals surface area contributed by atoms with Gasteiger partial charge in [0.1, 0.15) is 5.82 Å². The summed E-state index contributed by atoms with van der Waals surface area (Å²) in [6.45, 7) is 0. The first-order valence-corrected chi connectivity index (χ1v) is 6.76. The van der Waals surface area contributed by atoms with Gasteiger partial charge >= 0.3 is 0 Å². The molecular weight excluding hydrogens is 265 g/mol. The summed E-state index contributed by atoms with van der Waals surface area (Å²) in [6, 6.07) is 4.88. The molecular formula is C13H18FN3OS. The van der Waals surface area contributed by atoms with Crippen molar-refractivity contribution in [3.05, 3.63) is 24.0 Å². The standard InChI is InChI=1S/C13H18FN3OS/c14-10-2-1-3-11(17-13(15)19)12(10)16-8-4-6-9(18)7-5-8/h1-3,8-9,16,18H,4-7H2,(H3,15,17,19). The Morgan fingerprint density at radius 1 is 1.32 bits per heavy atom. The highest BCUT2D eigenvalue weighted by Gasteiger charge is 2.21. The van der Waals surface area contributed by atoms with Crippen molar-refractivity contribution in [1.82, 2.24) is 0 Å². The van der Waals surface area contributed by atoms with Crippen molar-refractivity contribution in [1.29, 1.82) is 0 Å². The molecule has 1 aliphatic carbocycles. The van der Waals surface area contributed by atoms with Crippen LogP contribution in [0.4, 0.5) is 15.8 Å². The van der Waals surface area contributed by atoms with Crippen molar-refractivity contribution in [3.8, 4) is 0 Å². The van der Waals surface area contributed by atoms with Crippen LogP contribution in [0.15, 0.2) is 18.2 Å². The van der Waals surface area contributed by atoms with Gasteiger partial charge in [-0.05, 0) is 50.0 Å². The molecule has 0 spiro atoms. The molecule has 0 saturated heterocycles. The van der Waals surface area contributed by atoms with E-state index in [0.717, 1.165) is 25.7 Å². The minimum atomic E-state index is -0.340. The van der Waals surface area contributed by atoms with Crippen LogP contribution in [0.1, 0.15) is 25.7 Å². The maximum absolute atomic E-state index is 13.9. The lowest BCUT2D eigenvalue weighted by molar-refractivity contribution is 0.126. The number of aliphatic hydroxyl groups is 1. The predicted octanol–water partition coefficient (Wildman–Crippen LogP) is 2.20. The monoisotopic (exact) mass is 283 g/mol. The van der Waals surface area contributed by atoms with Gasteiger partial charge in [0.2, 0.25) is 0 Å². The van der Waals surface area contributed by atoms with E-state index in [1.54, 1.807) is 12.1 Å². The number of nitrogens with one attached hydrogen (secondary N) is 2. The van der Waals surface area contributed by atoms with Gasteiger partial charge in [0.25, 0.3) is 0 Å². The number of rotatable bonds is 3. The van der Waals surface area contributed by atoms with E-state index >= 15 is 0 Å². The van der Waals surface area contributed by atoms with Crippen LogP contribution < -0.4 is 16.4 Å². The fourth-order valence-corrected chi connectivity index (χ4v) is 2.44. The highest BCUT2D eigenvalue weighted by Crippen LogP contribution is 2.29. The number of nitrogens with two attached hydrogens (primary N) is 1. The minimum Gasteiger partial charge on any atom is -0.393 e. The maximum Gasteiger partial charge on any atom is 0.168 e. The van der Waals surface area contributed by atoms with E-state index < -0.39 is 0 Å². The minimum absolute atomic E-state index is 0.104. The first-order chi connectivity index (χ1) is 9.06. The molecule has 0 unspecified atom stereocenters. The first kappa shape index (κ1) is 14.0. The molecule has 1 aromatic rings. The zero-order valence-electron chi connectivity index (χ0n) is 10.5. The predicted molar refractivity (Wildman–Crippen MR) is 78.7 cm³/mol. The van der Waals surface area contributed by atoms with Crippen LogP contribution in [-0.4, -0.2) is 22.4 Å². The Labute approximate surface area is 117 Å². The Kier molecular flexibility index (Phi) is 4.55. The van der Waals surface area contributed by atoms with Crippen molar-refractivity contribution >= 4 is 28.7 Å². The molecule has 0 heterocycles. The van der Waals surface area contributed by atoms with Crippen LogP contribution in [0.25, 0.3) is 0 Å². The van der Waals surface area contributed by atoms with E-state index in [2.05, 4.69) is 10.6 Å². The fraction of sp³-hybridized carbons (Fsp3) is 0.462. The van der Waals surface area contributed by atoms with Crippen LogP contribution in [0.5, 0.6) is 0 Å². The smallest absolute Gasteiger partial charge is 0.168 e. The largest absolute Gasteiger partial charge is 0.393 e. The summed E-state index contributed by atoms with van der Waals surface area (Å²) in [5.74, 6) is -0.340. The van der Waals surface area contributed by atoms with Crippen LogP contribution in [0, 0.1) is 5.82 Å². The maximum atomic E-state index is 13.9. The molecule has 2 rings (SSSR count). The van der Waals surface area contributed by atoms with Crippen LogP contribution >= 0.6 is 12.2 Å². The molecule has 1 fully saturated rings. The van der Waals surface area contributed by atoms with Crippen LogP contribution in [0.2, 0.25) is 0 Å². The van der Waals surface area contributed by atoms with Crippen molar-refractivity contribution in [3.63, 3.8) is 0 Å². The van der Waals surface area contributed by atoms with Crippen LogP contribution in [0.3, 0.4) is 0 Å². The number of hydrogen-bond acceptors (Lipinski definition) is 3. The summed E-state index contributed by atoms with van der Waals surface area (Å²) < 4.78 is 13.9. The molecule has 104 valence electrons. The number of hydrogen-bond donors (Lipinski definition) is 4. The molecule has 1 saturated carbocycles. The number of thiocarbonyl (C=S) groups is 1. The van der Waals surface area contributed by atoms with Gasteiger partial charge in [-0.15, -0.1) is 0 Å². The molecule has 1 aliphatic rings. The van der Waals surface area contributed by atoms with Crippen molar-refractivity contribution in [2.45, 2.75) is 37.8 Å². The number of aliphatic hydroxyl groups excluding tert-OH is 1. The van der Waals surface area contributed by atoms with Gasteiger partial charge < -0.3 is 21.5 Å². The number of anilines is 2. The summed E-state index contributed by atoms with van der Waals surface area (Å²) in [5.41, 5.74) is 6.36. The summed E-state index contributed by atoms with van der Waals surface area (Å²) in [5, 5.41) is 15.5. The Morgan fingerprint density at radius 3 is 2.63 bits per heavy atom. The zero-order chi connectivity index (χ0) is 13.8. The van der Waals surface area contributed by atoms with Gasteiger partial charge in [-0.25, -0.2) is 4.39 Å². The molecule has 0 aromatic heterocycles. The fourth-order valence-electron chi connectivity index (χ4n) is 2.33. The van der Waals surface area contributed by atoms with Gasteiger partial charge in [-0.3, -0.25) is 0 Å². The lowest BCUT2D eigenvalue weighted by Gasteiger charge is -2.28. The normalized spacial score (nSPS) is 22.8. The van der Waals surface area contributed by atoms with Gasteiger partial charge in [-0.1, -0.05) is 6.07 Å². The SMILES string of the molecule is NC(=S)Nc1cccc(F)c1NC1CCC(O)CC1. The summed E-state index contributed by atoms with van der Waals surface area (Å²) in [6.07, 6.45) is 2.89. The van der Waals surface area contributed by atoms with E-state index in [9.17, 15) is 9.50 Å². The quantitative estimate of drug-likeness (QED) is 0.640. The molecule has 5 N–H and O–H groups in total. The Hall–Kier alpha value is -1.40. The number of halogens is 1. The van der Waals surface area contributed by atoms with Gasteiger partial charge in [0.05, 0.1) is 17.5 Å². The van der Waals surface area contributed by atoms with Crippen molar-refractivity contribution in [2.24, 2.45) is 5.73 Å². The van der Waals surface area contributed by atoms with Crippen LogP contribution in [-0.2, 0) is 0 Å². The first-order valence-electron chi connectivity index (χ1n) is 6.36. The highest BCUT2D eigenvalue weighted by molar-refractivity contribution is 7.80. The van der Waals surface area contributed by atoms with Gasteiger partial charge in [0, 0.05) is 6.04 Å². The second-order valence-corrected chi connectivity index (χ2v) is 5.24. The summed E-state index contributed by atoms with van der Waals surface area (Å²) in [7, 11) is 0. The topological polar surface area (TPSA) is 70.3 Å². The molecule has 0 amide bonds. The molecule has 19 heavy (non-hydrogen) atoms. The Balaban J connectivity index is 2.12. The third-order valence-electron chi connectivity index (χ3n) is 3.32. The Bertz CT molecular complexity index is 461. The molecule has 0 radical (unpaired) electrons. The van der Waals surface area contributed by atoms with E-state index in [-0.39, 0.29) is 23.1 Å². The van der Waals surface area contributed by atoms with E-state index in [1.165, 1.54) is 6.07 Å². The third kappa shape index (κ3) is 3.78. The number of benzene rings is 1. The van der Waals surface area contributed by atoms with Gasteiger partial charge in [0.15, 0.2) is 5.11 Å². The molecule has 0 atom stereocenters. The van der Waals surface area contributed by atoms with E-state index in [4.69, 9.17) is 18.0 Å². The highest BCUT2D eigenvalue weighted by atomic mass is 32.1. The van der Waals surface area contributed by atoms with E-state index in [0.29, 0.717) is 11.4 Å². The molecule has 0 bridgehead atoms. The van der Waals surface area contributed by atoms with Gasteiger partial charge in [-0.2, -0.15) is 0 Å². The average Bonchev–Trinajstić information content (AvgIpc) is 2.35. The molecule has 4 nitrogen and oxygen atoms in total. The van der Waals surface area contributed by atoms with E-state index in [1.807, 2.05) is 0 Å². The van der Waals surface area contributed by atoms with Crippen molar-refractivity contribution < 1.29 is 9.50 Å². The molecule has 6 heteroatoms. The van der Waals surface area contributed by atoms with Crippen molar-refractivity contribution in [2.75, 3.05) is 10.6 Å². The molecule has 0 aliphatic heterocycles. The lowest BCUT2D eigenvalue weighted by atomic mass is 9.93. The molecule has 1 aromatic carbocycles. The summed E-state index contributed by atoms with van der Waals surface area (Å²) >= 11 is 4.78. The average molecular weight is 283 g/mol. The summed E-state index contributed by atoms with van der Waals surface area (Å²) in [4.78, 5) is 0. The lowest BCUT2D eigenvalue weighted by Crippen LogP contribution is -2.29. The second-order valence-electron chi connectivity index (χ2n) is 4.80.